The summed E-state index contributed by atoms with van der Waals surface area (Å²) < 4.78 is 45.5. The monoisotopic (exact) mass is 431 g/mol. The summed E-state index contributed by atoms with van der Waals surface area (Å²) in [7, 11) is 0. The number of nitrogens with zero attached hydrogens (tertiary/aromatic N) is 2. The van der Waals surface area contributed by atoms with Crippen LogP contribution >= 0.6 is 0 Å². The number of anilines is 1. The summed E-state index contributed by atoms with van der Waals surface area (Å²) in [6.45, 7) is 7.76. The second-order valence-electron chi connectivity index (χ2n) is 7.28. The summed E-state index contributed by atoms with van der Waals surface area (Å²) in [5.41, 5.74) is 0.743. The number of halogens is 3. The Hall–Kier alpha value is -3.29. The fourth-order valence-corrected chi connectivity index (χ4v) is 3.18. The topological polar surface area (TPSA) is 56.2 Å². The highest BCUT2D eigenvalue weighted by Crippen LogP contribution is 2.31. The van der Waals surface area contributed by atoms with Crippen LogP contribution in [-0.2, 0) is 15.7 Å². The largest absolute Gasteiger partial charge is 0.459 e. The first-order chi connectivity index (χ1) is 14.7. The molecule has 8 heteroatoms. The molecule has 3 aromatic rings. The predicted molar refractivity (Wildman–Crippen MR) is 114 cm³/mol. The van der Waals surface area contributed by atoms with Crippen molar-refractivity contribution in [3.8, 4) is 5.69 Å². The minimum Gasteiger partial charge on any atom is -0.459 e. The number of para-hydroxylation sites is 1. The smallest absolute Gasteiger partial charge is 0.416 e. The molecule has 0 amide bonds. The van der Waals surface area contributed by atoms with Crippen LogP contribution < -0.4 is 5.32 Å². The van der Waals surface area contributed by atoms with Crippen LogP contribution in [0.2, 0.25) is 0 Å². The number of aromatic nitrogens is 2. The van der Waals surface area contributed by atoms with Gasteiger partial charge in [-0.2, -0.15) is 13.2 Å². The molecule has 0 radical (unpaired) electrons. The number of benzene rings is 2. The zero-order chi connectivity index (χ0) is 22.6. The van der Waals surface area contributed by atoms with Crippen LogP contribution in [-0.4, -0.2) is 28.4 Å². The van der Waals surface area contributed by atoms with Crippen LogP contribution in [0.15, 0.2) is 60.7 Å². The Morgan fingerprint density at radius 1 is 1.19 bits per heavy atom. The van der Waals surface area contributed by atoms with E-state index in [1.165, 1.54) is 12.1 Å². The van der Waals surface area contributed by atoms with Crippen LogP contribution in [0.1, 0.15) is 32.3 Å². The summed E-state index contributed by atoms with van der Waals surface area (Å²) in [4.78, 5) is 12.2. The Bertz CT molecular complexity index is 1070. The summed E-state index contributed by atoms with van der Waals surface area (Å²) >= 11 is 0. The standard InChI is InChI=1S/C23H24F3N3O2/c1-4-7-16(3)31-22(30)15(2)14-27-21-19-8-5-6-9-20(19)29(28-21)18-12-10-17(11-13-18)23(24,25)26/h5-6,8-13,16H,2,4,7,14H2,1,3H3,(H,27,28). The average Bonchev–Trinajstić information content (AvgIpc) is 3.10. The lowest BCUT2D eigenvalue weighted by atomic mass is 10.2. The minimum atomic E-state index is -4.40. The number of esters is 1. The maximum Gasteiger partial charge on any atom is 0.416 e. The lowest BCUT2D eigenvalue weighted by molar-refractivity contribution is -0.143. The van der Waals surface area contributed by atoms with E-state index in [2.05, 4.69) is 17.0 Å². The summed E-state index contributed by atoms with van der Waals surface area (Å²) in [5, 5.41) is 8.36. The van der Waals surface area contributed by atoms with Gasteiger partial charge in [0.2, 0.25) is 0 Å². The molecule has 1 aromatic heterocycles. The van der Waals surface area contributed by atoms with E-state index in [-0.39, 0.29) is 18.2 Å². The van der Waals surface area contributed by atoms with Crippen LogP contribution in [0, 0.1) is 0 Å². The van der Waals surface area contributed by atoms with E-state index in [0.717, 1.165) is 35.9 Å². The lowest BCUT2D eigenvalue weighted by Gasteiger charge is -2.13. The van der Waals surface area contributed by atoms with Crippen LogP contribution in [0.3, 0.4) is 0 Å². The van der Waals surface area contributed by atoms with E-state index in [1.807, 2.05) is 38.1 Å². The first-order valence-electron chi connectivity index (χ1n) is 9.98. The summed E-state index contributed by atoms with van der Waals surface area (Å²) in [5.74, 6) is 0.0194. The molecule has 1 unspecified atom stereocenters. The quantitative estimate of drug-likeness (QED) is 0.365. The number of hydrogen-bond acceptors (Lipinski definition) is 4. The number of alkyl halides is 3. The van der Waals surface area contributed by atoms with Gasteiger partial charge in [0.25, 0.3) is 0 Å². The lowest BCUT2D eigenvalue weighted by Crippen LogP contribution is -2.20. The van der Waals surface area contributed by atoms with E-state index in [1.54, 1.807) is 4.68 Å². The third-order valence-electron chi connectivity index (χ3n) is 4.79. The maximum absolute atomic E-state index is 12.9. The number of carbonyl (C=O) groups excluding carboxylic acids is 1. The van der Waals surface area contributed by atoms with Gasteiger partial charge in [-0.25, -0.2) is 9.48 Å². The van der Waals surface area contributed by atoms with E-state index in [0.29, 0.717) is 11.5 Å². The summed E-state index contributed by atoms with van der Waals surface area (Å²) in [6, 6.07) is 12.1. The fourth-order valence-electron chi connectivity index (χ4n) is 3.18. The molecule has 0 bridgehead atoms. The van der Waals surface area contributed by atoms with Crippen molar-refractivity contribution < 1.29 is 22.7 Å². The molecule has 1 N–H and O–H groups in total. The number of nitrogens with one attached hydrogen (secondary N) is 1. The Balaban J connectivity index is 1.80. The molecule has 2 aromatic carbocycles. The molecule has 3 rings (SSSR count). The Labute approximate surface area is 178 Å². The summed E-state index contributed by atoms with van der Waals surface area (Å²) in [6.07, 6.45) is -2.91. The van der Waals surface area contributed by atoms with Gasteiger partial charge in [-0.3, -0.25) is 0 Å². The van der Waals surface area contributed by atoms with Crippen molar-refractivity contribution in [1.29, 1.82) is 0 Å². The predicted octanol–water partition coefficient (Wildman–Crippen LogP) is 5.74. The molecule has 5 nitrogen and oxygen atoms in total. The van der Waals surface area contributed by atoms with Gasteiger partial charge < -0.3 is 10.1 Å². The van der Waals surface area contributed by atoms with Gasteiger partial charge in [-0.05, 0) is 49.7 Å². The van der Waals surface area contributed by atoms with Gasteiger partial charge in [0.15, 0.2) is 5.82 Å². The molecule has 0 aliphatic heterocycles. The molecular weight excluding hydrogens is 407 g/mol. The molecule has 1 heterocycles. The molecule has 0 aliphatic rings. The zero-order valence-electron chi connectivity index (χ0n) is 17.4. The third kappa shape index (κ3) is 5.25. The highest BCUT2D eigenvalue weighted by Gasteiger charge is 2.30. The molecule has 31 heavy (non-hydrogen) atoms. The molecule has 0 saturated heterocycles. The van der Waals surface area contributed by atoms with Crippen molar-refractivity contribution in [2.45, 2.75) is 39.0 Å². The minimum absolute atomic E-state index is 0.131. The zero-order valence-corrected chi connectivity index (χ0v) is 17.4. The van der Waals surface area contributed by atoms with Gasteiger partial charge in [-0.15, -0.1) is 5.10 Å². The van der Waals surface area contributed by atoms with Gasteiger partial charge in [0.05, 0.1) is 22.9 Å². The normalized spacial score (nSPS) is 12.5. The second-order valence-corrected chi connectivity index (χ2v) is 7.28. The van der Waals surface area contributed by atoms with Crippen molar-refractivity contribution in [3.05, 3.63) is 66.2 Å². The molecule has 0 aliphatic carbocycles. The first-order valence-corrected chi connectivity index (χ1v) is 9.98. The number of ether oxygens (including phenoxy) is 1. The first kappa shape index (κ1) is 22.4. The van der Waals surface area contributed by atoms with Crippen LogP contribution in [0.5, 0.6) is 0 Å². The van der Waals surface area contributed by atoms with E-state index in [9.17, 15) is 18.0 Å². The molecule has 1 atom stereocenters. The number of rotatable bonds is 8. The maximum atomic E-state index is 12.9. The number of hydrogen-bond donors (Lipinski definition) is 1. The Morgan fingerprint density at radius 3 is 2.52 bits per heavy atom. The van der Waals surface area contributed by atoms with Crippen LogP contribution in [0.25, 0.3) is 16.6 Å². The number of fused-ring (bicyclic) bond motifs is 1. The second kappa shape index (κ2) is 9.24. The Morgan fingerprint density at radius 2 is 1.87 bits per heavy atom. The van der Waals surface area contributed by atoms with Crippen LogP contribution in [0.4, 0.5) is 19.0 Å². The fraction of sp³-hybridized carbons (Fsp3) is 0.304. The Kier molecular flexibility index (Phi) is 6.68. The van der Waals surface area contributed by atoms with Crippen molar-refractivity contribution >= 4 is 22.7 Å². The molecule has 0 saturated carbocycles. The third-order valence-corrected chi connectivity index (χ3v) is 4.79. The SMILES string of the molecule is C=C(CNc1nn(-c2ccc(C(F)(F)F)cc2)c2ccccc12)C(=O)OC(C)CCC. The molecule has 0 fully saturated rings. The van der Waals surface area contributed by atoms with Gasteiger partial charge in [0.1, 0.15) is 0 Å². The highest BCUT2D eigenvalue weighted by atomic mass is 19.4. The molecular formula is C23H24F3N3O2. The van der Waals surface area contributed by atoms with Gasteiger partial charge in [-0.1, -0.05) is 32.1 Å². The van der Waals surface area contributed by atoms with Gasteiger partial charge in [0, 0.05) is 17.5 Å². The highest BCUT2D eigenvalue weighted by molar-refractivity contribution is 5.93. The van der Waals surface area contributed by atoms with E-state index < -0.39 is 17.7 Å². The van der Waals surface area contributed by atoms with Crippen molar-refractivity contribution in [2.24, 2.45) is 0 Å². The molecule has 164 valence electrons. The molecule has 0 spiro atoms. The number of carbonyl (C=O) groups is 1. The van der Waals surface area contributed by atoms with Crippen molar-refractivity contribution in [2.75, 3.05) is 11.9 Å². The van der Waals surface area contributed by atoms with E-state index >= 15 is 0 Å². The van der Waals surface area contributed by atoms with Crippen molar-refractivity contribution in [3.63, 3.8) is 0 Å². The van der Waals surface area contributed by atoms with E-state index in [4.69, 9.17) is 4.74 Å². The van der Waals surface area contributed by atoms with Crippen molar-refractivity contribution in [1.82, 2.24) is 9.78 Å². The average molecular weight is 431 g/mol. The van der Waals surface area contributed by atoms with Gasteiger partial charge >= 0.3 is 12.1 Å².